The van der Waals surface area contributed by atoms with Crippen LogP contribution in [0.15, 0.2) is 36.4 Å². The quantitative estimate of drug-likeness (QED) is 0.910. The van der Waals surface area contributed by atoms with Gasteiger partial charge in [0.15, 0.2) is 11.5 Å². The summed E-state index contributed by atoms with van der Waals surface area (Å²) in [5.41, 5.74) is 4.26. The van der Waals surface area contributed by atoms with Crippen LogP contribution in [0.2, 0.25) is 0 Å². The molecule has 0 aliphatic heterocycles. The molecule has 3 nitrogen and oxygen atoms in total. The molecule has 2 rings (SSSR count). The first-order valence-corrected chi connectivity index (χ1v) is 7.04. The standard InChI is InChI=1S/C18H22O3/c1-12-5-7-15(14(3)9-12)16(19)11-21-17-8-6-13(2)10-18(17)20-4/h5-10,16,19H,11H2,1-4H3. The van der Waals surface area contributed by atoms with Crippen molar-refractivity contribution < 1.29 is 14.6 Å². The number of benzene rings is 2. The fourth-order valence-electron chi connectivity index (χ4n) is 2.35. The molecule has 1 atom stereocenters. The van der Waals surface area contributed by atoms with E-state index < -0.39 is 6.10 Å². The largest absolute Gasteiger partial charge is 0.493 e. The van der Waals surface area contributed by atoms with Crippen LogP contribution in [-0.2, 0) is 0 Å². The van der Waals surface area contributed by atoms with Gasteiger partial charge in [-0.25, -0.2) is 0 Å². The van der Waals surface area contributed by atoms with Gasteiger partial charge in [-0.1, -0.05) is 29.8 Å². The zero-order valence-electron chi connectivity index (χ0n) is 13.0. The Labute approximate surface area is 126 Å². The van der Waals surface area contributed by atoms with Gasteiger partial charge in [0.05, 0.1) is 7.11 Å². The van der Waals surface area contributed by atoms with E-state index in [2.05, 4.69) is 6.07 Å². The maximum atomic E-state index is 10.3. The fourth-order valence-corrected chi connectivity index (χ4v) is 2.35. The third-order valence-electron chi connectivity index (χ3n) is 3.50. The maximum absolute atomic E-state index is 10.3. The highest BCUT2D eigenvalue weighted by molar-refractivity contribution is 5.42. The summed E-state index contributed by atoms with van der Waals surface area (Å²) in [7, 11) is 1.61. The predicted octanol–water partition coefficient (Wildman–Crippen LogP) is 3.73. The Bertz CT molecular complexity index is 620. The molecule has 112 valence electrons. The molecule has 3 heteroatoms. The van der Waals surface area contributed by atoms with Crippen LogP contribution in [0.3, 0.4) is 0 Å². The highest BCUT2D eigenvalue weighted by Gasteiger charge is 2.13. The summed E-state index contributed by atoms with van der Waals surface area (Å²) in [4.78, 5) is 0. The molecule has 0 radical (unpaired) electrons. The number of rotatable bonds is 5. The van der Waals surface area contributed by atoms with Crippen molar-refractivity contribution in [2.75, 3.05) is 13.7 Å². The van der Waals surface area contributed by atoms with E-state index in [0.717, 1.165) is 16.7 Å². The molecule has 0 aliphatic rings. The van der Waals surface area contributed by atoms with Gasteiger partial charge < -0.3 is 14.6 Å². The smallest absolute Gasteiger partial charge is 0.161 e. The Hall–Kier alpha value is -2.00. The van der Waals surface area contributed by atoms with E-state index in [1.165, 1.54) is 5.56 Å². The molecular weight excluding hydrogens is 264 g/mol. The normalized spacial score (nSPS) is 12.0. The highest BCUT2D eigenvalue weighted by Crippen LogP contribution is 2.29. The molecule has 21 heavy (non-hydrogen) atoms. The van der Waals surface area contributed by atoms with Crippen molar-refractivity contribution in [3.63, 3.8) is 0 Å². The lowest BCUT2D eigenvalue weighted by Crippen LogP contribution is -2.11. The van der Waals surface area contributed by atoms with Crippen molar-refractivity contribution in [3.05, 3.63) is 58.7 Å². The van der Waals surface area contributed by atoms with Gasteiger partial charge >= 0.3 is 0 Å². The zero-order chi connectivity index (χ0) is 15.4. The van der Waals surface area contributed by atoms with Crippen molar-refractivity contribution in [2.24, 2.45) is 0 Å². The van der Waals surface area contributed by atoms with Crippen LogP contribution in [-0.4, -0.2) is 18.8 Å². The summed E-state index contributed by atoms with van der Waals surface area (Å²) in [6.07, 6.45) is -0.656. The minimum atomic E-state index is -0.656. The van der Waals surface area contributed by atoms with Crippen LogP contribution in [0.25, 0.3) is 0 Å². The number of aliphatic hydroxyl groups excluding tert-OH is 1. The zero-order valence-corrected chi connectivity index (χ0v) is 13.0. The van der Waals surface area contributed by atoms with Crippen LogP contribution in [0, 0.1) is 20.8 Å². The lowest BCUT2D eigenvalue weighted by molar-refractivity contribution is 0.106. The Morgan fingerprint density at radius 1 is 0.952 bits per heavy atom. The average Bonchev–Trinajstić information content (AvgIpc) is 2.45. The molecule has 0 amide bonds. The second kappa shape index (κ2) is 6.64. The third-order valence-corrected chi connectivity index (χ3v) is 3.50. The highest BCUT2D eigenvalue weighted by atomic mass is 16.5. The second-order valence-corrected chi connectivity index (χ2v) is 5.34. The molecule has 0 saturated carbocycles. The predicted molar refractivity (Wildman–Crippen MR) is 84.1 cm³/mol. The molecule has 0 saturated heterocycles. The second-order valence-electron chi connectivity index (χ2n) is 5.34. The van der Waals surface area contributed by atoms with E-state index in [1.807, 2.05) is 51.1 Å². The first kappa shape index (κ1) is 15.4. The molecular formula is C18H22O3. The average molecular weight is 286 g/mol. The van der Waals surface area contributed by atoms with Crippen molar-refractivity contribution >= 4 is 0 Å². The number of ether oxygens (including phenoxy) is 2. The van der Waals surface area contributed by atoms with Gasteiger partial charge in [-0.3, -0.25) is 0 Å². The minimum absolute atomic E-state index is 0.198. The van der Waals surface area contributed by atoms with Crippen LogP contribution in [0.5, 0.6) is 11.5 Å². The van der Waals surface area contributed by atoms with Gasteiger partial charge in [0.2, 0.25) is 0 Å². The molecule has 1 N–H and O–H groups in total. The van der Waals surface area contributed by atoms with Crippen LogP contribution >= 0.6 is 0 Å². The van der Waals surface area contributed by atoms with Crippen LogP contribution in [0.4, 0.5) is 0 Å². The molecule has 2 aromatic carbocycles. The van der Waals surface area contributed by atoms with E-state index in [4.69, 9.17) is 9.47 Å². The lowest BCUT2D eigenvalue weighted by Gasteiger charge is -2.17. The topological polar surface area (TPSA) is 38.7 Å². The van der Waals surface area contributed by atoms with Gasteiger partial charge in [-0.2, -0.15) is 0 Å². The fraction of sp³-hybridized carbons (Fsp3) is 0.333. The molecule has 1 unspecified atom stereocenters. The summed E-state index contributed by atoms with van der Waals surface area (Å²) in [6, 6.07) is 11.7. The summed E-state index contributed by atoms with van der Waals surface area (Å²) in [5, 5.41) is 10.3. The van der Waals surface area contributed by atoms with E-state index in [1.54, 1.807) is 7.11 Å². The lowest BCUT2D eigenvalue weighted by atomic mass is 10.0. The summed E-state index contributed by atoms with van der Waals surface area (Å²) in [6.45, 7) is 6.23. The van der Waals surface area contributed by atoms with Gasteiger partial charge in [0.25, 0.3) is 0 Å². The first-order valence-electron chi connectivity index (χ1n) is 7.04. The first-order chi connectivity index (χ1) is 10.0. The molecule has 0 fully saturated rings. The van der Waals surface area contributed by atoms with Crippen LogP contribution in [0.1, 0.15) is 28.4 Å². The number of methoxy groups -OCH3 is 1. The van der Waals surface area contributed by atoms with Crippen molar-refractivity contribution in [3.8, 4) is 11.5 Å². The Kier molecular flexibility index (Phi) is 4.86. The Morgan fingerprint density at radius 2 is 1.62 bits per heavy atom. The number of hydrogen-bond donors (Lipinski definition) is 1. The monoisotopic (exact) mass is 286 g/mol. The molecule has 0 aliphatic carbocycles. The third kappa shape index (κ3) is 3.76. The number of aryl methyl sites for hydroxylation is 3. The SMILES string of the molecule is COc1cc(C)ccc1OCC(O)c1ccc(C)cc1C. The molecule has 2 aromatic rings. The number of hydrogen-bond acceptors (Lipinski definition) is 3. The Balaban J connectivity index is 2.09. The van der Waals surface area contributed by atoms with Crippen molar-refractivity contribution in [2.45, 2.75) is 26.9 Å². The maximum Gasteiger partial charge on any atom is 0.161 e. The van der Waals surface area contributed by atoms with E-state index in [-0.39, 0.29) is 6.61 Å². The van der Waals surface area contributed by atoms with Gasteiger partial charge in [-0.05, 0) is 49.6 Å². The van der Waals surface area contributed by atoms with Gasteiger partial charge in [0, 0.05) is 0 Å². The molecule has 0 aromatic heterocycles. The summed E-state index contributed by atoms with van der Waals surface area (Å²) >= 11 is 0. The van der Waals surface area contributed by atoms with Crippen LogP contribution < -0.4 is 9.47 Å². The van der Waals surface area contributed by atoms with E-state index >= 15 is 0 Å². The van der Waals surface area contributed by atoms with E-state index in [0.29, 0.717) is 11.5 Å². The minimum Gasteiger partial charge on any atom is -0.493 e. The van der Waals surface area contributed by atoms with Crippen molar-refractivity contribution in [1.29, 1.82) is 0 Å². The van der Waals surface area contributed by atoms with Gasteiger partial charge in [-0.15, -0.1) is 0 Å². The molecule has 0 spiro atoms. The molecule has 0 bridgehead atoms. The molecule has 0 heterocycles. The van der Waals surface area contributed by atoms with Gasteiger partial charge in [0.1, 0.15) is 12.7 Å². The Morgan fingerprint density at radius 3 is 2.29 bits per heavy atom. The van der Waals surface area contributed by atoms with Crippen molar-refractivity contribution in [1.82, 2.24) is 0 Å². The number of aliphatic hydroxyl groups is 1. The summed E-state index contributed by atoms with van der Waals surface area (Å²) < 4.78 is 11.0. The summed E-state index contributed by atoms with van der Waals surface area (Å²) in [5.74, 6) is 1.33. The van der Waals surface area contributed by atoms with E-state index in [9.17, 15) is 5.11 Å².